The molecule has 3 heteroatoms. The molecule has 2 nitrogen and oxygen atoms in total. The molecule has 1 saturated heterocycles. The first-order chi connectivity index (χ1) is 8.00. The molecule has 0 saturated carbocycles. The fourth-order valence-corrected chi connectivity index (χ4v) is 4.59. The van der Waals surface area contributed by atoms with Gasteiger partial charge in [0, 0.05) is 0 Å². The summed E-state index contributed by atoms with van der Waals surface area (Å²) in [6.45, 7) is 4.11. The first kappa shape index (κ1) is 12.7. The number of likely N-dealkylation sites (tertiary alicyclic amines) is 1. The van der Waals surface area contributed by atoms with Crippen molar-refractivity contribution in [2.75, 3.05) is 7.05 Å². The summed E-state index contributed by atoms with van der Waals surface area (Å²) in [5.74, 6) is 0.298. The fourth-order valence-electron chi connectivity index (χ4n) is 2.34. The summed E-state index contributed by atoms with van der Waals surface area (Å²) in [7, 11) is 1.95. The first-order valence-electron chi connectivity index (χ1n) is 5.96. The number of carbonyl (C=O) groups is 1. The van der Waals surface area contributed by atoms with Gasteiger partial charge in [-0.05, 0) is 0 Å². The molecular formula is C14H19NOSe. The number of hydrogen-bond acceptors (Lipinski definition) is 1. The van der Waals surface area contributed by atoms with Crippen LogP contribution in [0.25, 0.3) is 0 Å². The number of nitrogens with zero attached hydrogens (tertiary/aromatic N) is 1. The van der Waals surface area contributed by atoms with Gasteiger partial charge in [0.25, 0.3) is 0 Å². The summed E-state index contributed by atoms with van der Waals surface area (Å²) < 4.78 is 1.42. The van der Waals surface area contributed by atoms with E-state index in [1.165, 1.54) is 4.46 Å². The van der Waals surface area contributed by atoms with Gasteiger partial charge in [-0.15, -0.1) is 0 Å². The molecule has 0 bridgehead atoms. The van der Waals surface area contributed by atoms with Crippen molar-refractivity contribution >= 4 is 25.3 Å². The Kier molecular flexibility index (Phi) is 3.60. The SMILES string of the molecule is CN1C(=O)C(C)(C)CC1C[Se]c1ccccc1. The van der Waals surface area contributed by atoms with Crippen LogP contribution in [0.5, 0.6) is 0 Å². The van der Waals surface area contributed by atoms with E-state index in [2.05, 4.69) is 38.1 Å². The second-order valence-electron chi connectivity index (χ2n) is 5.28. The maximum atomic E-state index is 12.0. The first-order valence-corrected chi connectivity index (χ1v) is 8.02. The van der Waals surface area contributed by atoms with Gasteiger partial charge in [0.05, 0.1) is 0 Å². The topological polar surface area (TPSA) is 20.3 Å². The minimum absolute atomic E-state index is 0.161. The van der Waals surface area contributed by atoms with Crippen LogP contribution in [0.3, 0.4) is 0 Å². The van der Waals surface area contributed by atoms with Gasteiger partial charge in [0.1, 0.15) is 0 Å². The molecule has 1 heterocycles. The van der Waals surface area contributed by atoms with Crippen molar-refractivity contribution in [3.05, 3.63) is 30.3 Å². The van der Waals surface area contributed by atoms with Crippen molar-refractivity contribution in [3.63, 3.8) is 0 Å². The number of rotatable bonds is 3. The summed E-state index contributed by atoms with van der Waals surface area (Å²) in [6.07, 6.45) is 0.997. The average molecular weight is 296 g/mol. The molecule has 92 valence electrons. The molecule has 2 rings (SSSR count). The van der Waals surface area contributed by atoms with E-state index in [-0.39, 0.29) is 5.41 Å². The van der Waals surface area contributed by atoms with Crippen LogP contribution in [-0.4, -0.2) is 38.9 Å². The van der Waals surface area contributed by atoms with Crippen LogP contribution in [0, 0.1) is 5.41 Å². The van der Waals surface area contributed by atoms with Crippen molar-refractivity contribution in [1.82, 2.24) is 4.90 Å². The van der Waals surface area contributed by atoms with Crippen molar-refractivity contribution in [2.24, 2.45) is 5.41 Å². The molecule has 0 radical (unpaired) electrons. The second-order valence-corrected chi connectivity index (χ2v) is 7.58. The molecule has 17 heavy (non-hydrogen) atoms. The maximum absolute atomic E-state index is 12.0. The summed E-state index contributed by atoms with van der Waals surface area (Å²) in [5, 5.41) is 1.13. The quantitative estimate of drug-likeness (QED) is 0.777. The fraction of sp³-hybridized carbons (Fsp3) is 0.500. The molecule has 1 aliphatic rings. The van der Waals surface area contributed by atoms with Gasteiger partial charge < -0.3 is 0 Å². The zero-order chi connectivity index (χ0) is 12.5. The Labute approximate surface area is 110 Å². The third kappa shape index (κ3) is 2.72. The zero-order valence-corrected chi connectivity index (χ0v) is 12.4. The van der Waals surface area contributed by atoms with Crippen molar-refractivity contribution < 1.29 is 4.79 Å². The van der Waals surface area contributed by atoms with Crippen LogP contribution in [0.4, 0.5) is 0 Å². The Bertz CT molecular complexity index is 402. The number of benzene rings is 1. The molecule has 1 aliphatic heterocycles. The summed E-state index contributed by atoms with van der Waals surface area (Å²) in [4.78, 5) is 13.9. The molecule has 1 aromatic carbocycles. The standard InChI is InChI=1S/C14H19NOSe/c1-14(2)9-11(15(3)13(14)16)10-17-12-7-5-4-6-8-12/h4-8,11H,9-10H2,1-3H3. The van der Waals surface area contributed by atoms with Crippen molar-refractivity contribution in [1.29, 1.82) is 0 Å². The summed E-state index contributed by atoms with van der Waals surface area (Å²) >= 11 is 0.473. The van der Waals surface area contributed by atoms with Crippen LogP contribution in [-0.2, 0) is 4.79 Å². The Morgan fingerprint density at radius 2 is 2.00 bits per heavy atom. The van der Waals surface area contributed by atoms with E-state index in [4.69, 9.17) is 0 Å². The predicted octanol–water partition coefficient (Wildman–Crippen LogP) is 1.69. The molecule has 1 aromatic rings. The van der Waals surface area contributed by atoms with Crippen LogP contribution in [0.2, 0.25) is 5.32 Å². The average Bonchev–Trinajstić information content (AvgIpc) is 2.52. The van der Waals surface area contributed by atoms with Crippen LogP contribution in [0.1, 0.15) is 20.3 Å². The normalized spacial score (nSPS) is 23.1. The summed E-state index contributed by atoms with van der Waals surface area (Å²) in [6, 6.07) is 11.0. The molecule has 0 aliphatic carbocycles. The van der Waals surface area contributed by atoms with E-state index in [0.717, 1.165) is 11.7 Å². The van der Waals surface area contributed by atoms with E-state index in [1.54, 1.807) is 0 Å². The Hall–Kier alpha value is -0.791. The van der Waals surface area contributed by atoms with Gasteiger partial charge in [-0.3, -0.25) is 0 Å². The molecule has 0 aromatic heterocycles. The Morgan fingerprint density at radius 3 is 2.53 bits per heavy atom. The molecule has 1 amide bonds. The van der Waals surface area contributed by atoms with E-state index >= 15 is 0 Å². The van der Waals surface area contributed by atoms with Gasteiger partial charge >= 0.3 is 109 Å². The van der Waals surface area contributed by atoms with Gasteiger partial charge in [-0.2, -0.15) is 0 Å². The molecule has 1 fully saturated rings. The third-order valence-electron chi connectivity index (χ3n) is 3.38. The predicted molar refractivity (Wildman–Crippen MR) is 71.6 cm³/mol. The number of carbonyl (C=O) groups excluding carboxylic acids is 1. The Balaban J connectivity index is 1.95. The van der Waals surface area contributed by atoms with Crippen LogP contribution >= 0.6 is 0 Å². The monoisotopic (exact) mass is 297 g/mol. The molecule has 1 atom stereocenters. The zero-order valence-electron chi connectivity index (χ0n) is 10.6. The second kappa shape index (κ2) is 4.83. The molecular weight excluding hydrogens is 277 g/mol. The Morgan fingerprint density at radius 1 is 1.35 bits per heavy atom. The molecule has 1 unspecified atom stereocenters. The molecule has 0 spiro atoms. The van der Waals surface area contributed by atoms with Gasteiger partial charge in [-0.25, -0.2) is 0 Å². The minimum atomic E-state index is -0.161. The number of amides is 1. The molecule has 0 N–H and O–H groups in total. The van der Waals surface area contributed by atoms with Crippen molar-refractivity contribution in [3.8, 4) is 0 Å². The van der Waals surface area contributed by atoms with E-state index in [1.807, 2.05) is 18.0 Å². The van der Waals surface area contributed by atoms with Crippen LogP contribution < -0.4 is 4.46 Å². The summed E-state index contributed by atoms with van der Waals surface area (Å²) in [5.41, 5.74) is -0.161. The van der Waals surface area contributed by atoms with E-state index in [9.17, 15) is 4.79 Å². The van der Waals surface area contributed by atoms with Gasteiger partial charge in [-0.1, -0.05) is 0 Å². The van der Waals surface area contributed by atoms with Crippen LogP contribution in [0.15, 0.2) is 30.3 Å². The van der Waals surface area contributed by atoms with Gasteiger partial charge in [0.15, 0.2) is 0 Å². The number of hydrogen-bond donors (Lipinski definition) is 0. The third-order valence-corrected chi connectivity index (χ3v) is 5.81. The van der Waals surface area contributed by atoms with Crippen molar-refractivity contribution in [2.45, 2.75) is 31.6 Å². The van der Waals surface area contributed by atoms with E-state index in [0.29, 0.717) is 26.9 Å². The van der Waals surface area contributed by atoms with E-state index < -0.39 is 0 Å². The van der Waals surface area contributed by atoms with Gasteiger partial charge in [0.2, 0.25) is 0 Å².